The van der Waals surface area contributed by atoms with Gasteiger partial charge in [0.1, 0.15) is 16.9 Å². The van der Waals surface area contributed by atoms with E-state index in [1.807, 2.05) is 20.8 Å². The summed E-state index contributed by atoms with van der Waals surface area (Å²) in [5.74, 6) is -4.16. The standard InChI is InChI=1S/C19H22F2N4O3/c1-4-11(5-2)25-14-7-13(20)15(18(26)27)16(21)17(14)24(19(25)28)9-12-8-22-10-23(12)6-3/h7-8,10-11H,4-6,9H2,1-3H3,(H,26,27). The largest absolute Gasteiger partial charge is 0.477 e. The molecule has 3 aromatic rings. The summed E-state index contributed by atoms with van der Waals surface area (Å²) in [7, 11) is 0. The molecule has 0 amide bonds. The van der Waals surface area contributed by atoms with Crippen molar-refractivity contribution in [2.75, 3.05) is 0 Å². The number of nitrogens with zero attached hydrogens (tertiary/aromatic N) is 4. The van der Waals surface area contributed by atoms with Gasteiger partial charge in [0.25, 0.3) is 0 Å². The summed E-state index contributed by atoms with van der Waals surface area (Å²) in [6.07, 6.45) is 4.34. The van der Waals surface area contributed by atoms with Crippen LogP contribution in [0.15, 0.2) is 23.4 Å². The third-order valence-electron chi connectivity index (χ3n) is 5.12. The fourth-order valence-corrected chi connectivity index (χ4v) is 3.64. The smallest absolute Gasteiger partial charge is 0.341 e. The van der Waals surface area contributed by atoms with E-state index >= 15 is 4.39 Å². The summed E-state index contributed by atoms with van der Waals surface area (Å²) in [6, 6.07) is 0.677. The number of carboxylic acid groups (broad SMARTS) is 1. The first kappa shape index (κ1) is 19.8. The molecular weight excluding hydrogens is 370 g/mol. The maximum absolute atomic E-state index is 15.1. The van der Waals surface area contributed by atoms with Crippen molar-refractivity contribution >= 4 is 17.0 Å². The van der Waals surface area contributed by atoms with Crippen molar-refractivity contribution in [3.63, 3.8) is 0 Å². The normalized spacial score (nSPS) is 11.6. The van der Waals surface area contributed by atoms with Crippen molar-refractivity contribution in [2.45, 2.75) is 52.7 Å². The zero-order valence-electron chi connectivity index (χ0n) is 15.9. The van der Waals surface area contributed by atoms with Gasteiger partial charge in [-0.15, -0.1) is 0 Å². The molecular formula is C19H22F2N4O3. The molecule has 3 rings (SSSR count). The molecule has 150 valence electrons. The van der Waals surface area contributed by atoms with Crippen LogP contribution in [0.2, 0.25) is 0 Å². The number of hydrogen-bond acceptors (Lipinski definition) is 3. The average molecular weight is 392 g/mol. The van der Waals surface area contributed by atoms with E-state index in [4.69, 9.17) is 0 Å². The average Bonchev–Trinajstić information content (AvgIpc) is 3.20. The second-order valence-corrected chi connectivity index (χ2v) is 6.60. The molecule has 0 atom stereocenters. The Labute approximate surface area is 159 Å². The van der Waals surface area contributed by atoms with Gasteiger partial charge in [-0.1, -0.05) is 13.8 Å². The zero-order valence-corrected chi connectivity index (χ0v) is 15.9. The highest BCUT2D eigenvalue weighted by Crippen LogP contribution is 2.28. The minimum absolute atomic E-state index is 0.00205. The SMILES string of the molecule is CCC(CC)n1c(=O)n(Cc2cncn2CC)c2c(F)c(C(=O)O)c(F)cc21. The quantitative estimate of drug-likeness (QED) is 0.668. The molecule has 2 aromatic heterocycles. The van der Waals surface area contributed by atoms with Crippen LogP contribution in [0.1, 0.15) is 55.7 Å². The number of aromatic carboxylic acids is 1. The molecule has 0 aliphatic carbocycles. The Morgan fingerprint density at radius 3 is 2.50 bits per heavy atom. The number of aryl methyl sites for hydroxylation is 1. The fourth-order valence-electron chi connectivity index (χ4n) is 3.64. The number of carboxylic acids is 1. The zero-order chi connectivity index (χ0) is 20.6. The van der Waals surface area contributed by atoms with Crippen LogP contribution in [0, 0.1) is 11.6 Å². The lowest BCUT2D eigenvalue weighted by Gasteiger charge is -2.14. The maximum Gasteiger partial charge on any atom is 0.341 e. The number of rotatable bonds is 7. The number of fused-ring (bicyclic) bond motifs is 1. The molecule has 0 aliphatic heterocycles. The number of halogens is 2. The molecule has 0 spiro atoms. The van der Waals surface area contributed by atoms with Crippen molar-refractivity contribution < 1.29 is 18.7 Å². The van der Waals surface area contributed by atoms with Crippen LogP contribution >= 0.6 is 0 Å². The lowest BCUT2D eigenvalue weighted by Crippen LogP contribution is -2.28. The Hall–Kier alpha value is -2.97. The van der Waals surface area contributed by atoms with Crippen LogP contribution in [0.3, 0.4) is 0 Å². The molecule has 0 bridgehead atoms. The van der Waals surface area contributed by atoms with Gasteiger partial charge in [0.2, 0.25) is 0 Å². The van der Waals surface area contributed by atoms with Gasteiger partial charge in [-0.25, -0.2) is 23.4 Å². The number of imidazole rings is 2. The van der Waals surface area contributed by atoms with E-state index in [9.17, 15) is 19.1 Å². The minimum atomic E-state index is -1.72. The highest BCUT2D eigenvalue weighted by Gasteiger charge is 2.28. The minimum Gasteiger partial charge on any atom is -0.477 e. The topological polar surface area (TPSA) is 82.0 Å². The summed E-state index contributed by atoms with van der Waals surface area (Å²) >= 11 is 0. The van der Waals surface area contributed by atoms with Crippen LogP contribution in [-0.4, -0.2) is 29.8 Å². The summed E-state index contributed by atoms with van der Waals surface area (Å²) in [5, 5.41) is 9.23. The Morgan fingerprint density at radius 2 is 1.93 bits per heavy atom. The molecule has 0 saturated heterocycles. The number of benzene rings is 1. The van der Waals surface area contributed by atoms with E-state index in [0.29, 0.717) is 25.1 Å². The third-order valence-corrected chi connectivity index (χ3v) is 5.12. The number of carbonyl (C=O) groups is 1. The van der Waals surface area contributed by atoms with Gasteiger partial charge < -0.3 is 9.67 Å². The van der Waals surface area contributed by atoms with Gasteiger partial charge in [-0.05, 0) is 19.8 Å². The second-order valence-electron chi connectivity index (χ2n) is 6.60. The van der Waals surface area contributed by atoms with E-state index in [1.54, 1.807) is 17.1 Å². The highest BCUT2D eigenvalue weighted by atomic mass is 19.1. The molecule has 28 heavy (non-hydrogen) atoms. The molecule has 0 fully saturated rings. The van der Waals surface area contributed by atoms with Gasteiger partial charge in [-0.2, -0.15) is 0 Å². The number of hydrogen-bond donors (Lipinski definition) is 1. The van der Waals surface area contributed by atoms with Crippen molar-refractivity contribution in [2.24, 2.45) is 0 Å². The predicted molar refractivity (Wildman–Crippen MR) is 99.7 cm³/mol. The summed E-state index contributed by atoms with van der Waals surface area (Å²) in [6.45, 7) is 6.27. The molecule has 2 heterocycles. The lowest BCUT2D eigenvalue weighted by atomic mass is 10.1. The van der Waals surface area contributed by atoms with Crippen LogP contribution in [0.5, 0.6) is 0 Å². The Kier molecular flexibility index (Phi) is 5.35. The summed E-state index contributed by atoms with van der Waals surface area (Å²) in [5.41, 5.74) is -1.06. The van der Waals surface area contributed by atoms with Gasteiger partial charge >= 0.3 is 11.7 Å². The fraction of sp³-hybridized carbons (Fsp3) is 0.421. The van der Waals surface area contributed by atoms with Crippen LogP contribution in [-0.2, 0) is 13.1 Å². The van der Waals surface area contributed by atoms with E-state index < -0.39 is 28.9 Å². The van der Waals surface area contributed by atoms with Crippen molar-refractivity contribution in [3.8, 4) is 0 Å². The molecule has 1 N–H and O–H groups in total. The Morgan fingerprint density at radius 1 is 1.25 bits per heavy atom. The molecule has 0 unspecified atom stereocenters. The van der Waals surface area contributed by atoms with Crippen LogP contribution in [0.4, 0.5) is 8.78 Å². The molecule has 0 saturated carbocycles. The maximum atomic E-state index is 15.1. The molecule has 0 radical (unpaired) electrons. The van der Waals surface area contributed by atoms with Crippen molar-refractivity contribution in [1.82, 2.24) is 18.7 Å². The summed E-state index contributed by atoms with van der Waals surface area (Å²) in [4.78, 5) is 28.6. The molecule has 9 heteroatoms. The molecule has 0 aliphatic rings. The number of aromatic nitrogens is 4. The Bertz CT molecular complexity index is 1090. The van der Waals surface area contributed by atoms with E-state index in [1.165, 1.54) is 4.57 Å². The molecule has 1 aromatic carbocycles. The first-order valence-electron chi connectivity index (χ1n) is 9.20. The summed E-state index contributed by atoms with van der Waals surface area (Å²) < 4.78 is 33.8. The highest BCUT2D eigenvalue weighted by molar-refractivity contribution is 5.93. The predicted octanol–water partition coefficient (Wildman–Crippen LogP) is 3.41. The van der Waals surface area contributed by atoms with Gasteiger partial charge in [0.15, 0.2) is 5.82 Å². The van der Waals surface area contributed by atoms with Crippen molar-refractivity contribution in [3.05, 3.63) is 52.0 Å². The lowest BCUT2D eigenvalue weighted by molar-refractivity contribution is 0.0687. The van der Waals surface area contributed by atoms with Crippen LogP contribution in [0.25, 0.3) is 11.0 Å². The Balaban J connectivity index is 2.38. The van der Waals surface area contributed by atoms with Gasteiger partial charge in [0, 0.05) is 24.8 Å². The van der Waals surface area contributed by atoms with Gasteiger partial charge in [-0.3, -0.25) is 9.13 Å². The van der Waals surface area contributed by atoms with Gasteiger partial charge in [0.05, 0.1) is 24.1 Å². The monoisotopic (exact) mass is 392 g/mol. The molecule has 7 nitrogen and oxygen atoms in total. The van der Waals surface area contributed by atoms with E-state index in [0.717, 1.165) is 10.6 Å². The van der Waals surface area contributed by atoms with Crippen molar-refractivity contribution in [1.29, 1.82) is 0 Å². The first-order chi connectivity index (χ1) is 13.3. The first-order valence-corrected chi connectivity index (χ1v) is 9.20. The van der Waals surface area contributed by atoms with E-state index in [-0.39, 0.29) is 23.6 Å². The third kappa shape index (κ3) is 3.00. The van der Waals surface area contributed by atoms with Crippen LogP contribution < -0.4 is 5.69 Å². The van der Waals surface area contributed by atoms with E-state index in [2.05, 4.69) is 4.98 Å². The second kappa shape index (κ2) is 7.57.